The summed E-state index contributed by atoms with van der Waals surface area (Å²) in [5.41, 5.74) is 3.53. The summed E-state index contributed by atoms with van der Waals surface area (Å²) >= 11 is 0. The number of aromatic nitrogens is 2. The molecule has 0 atom stereocenters. The molecule has 3 aromatic rings. The Morgan fingerprint density at radius 2 is 1.88 bits per heavy atom. The van der Waals surface area contributed by atoms with Crippen molar-refractivity contribution in [2.24, 2.45) is 0 Å². The summed E-state index contributed by atoms with van der Waals surface area (Å²) in [6, 6.07) is 14.7. The highest BCUT2D eigenvalue weighted by Gasteiger charge is 2.15. The zero-order valence-corrected chi connectivity index (χ0v) is 14.3. The molecule has 0 aliphatic carbocycles. The minimum Gasteiger partial charge on any atom is -0.497 e. The van der Waals surface area contributed by atoms with Crippen LogP contribution >= 0.6 is 0 Å². The van der Waals surface area contributed by atoms with Crippen LogP contribution in [0.1, 0.15) is 16.1 Å². The van der Waals surface area contributed by atoms with Crippen LogP contribution in [-0.2, 0) is 0 Å². The summed E-state index contributed by atoms with van der Waals surface area (Å²) in [6.45, 7) is 1.94. The molecule has 0 unspecified atom stereocenters. The van der Waals surface area contributed by atoms with Gasteiger partial charge in [0, 0.05) is 17.3 Å². The molecule has 0 aliphatic heterocycles. The molecule has 1 aromatic heterocycles. The number of rotatable bonds is 5. The van der Waals surface area contributed by atoms with Gasteiger partial charge in [-0.25, -0.2) is 0 Å². The number of hydrogen-bond acceptors (Lipinski definition) is 4. The van der Waals surface area contributed by atoms with E-state index in [1.165, 1.54) is 0 Å². The molecule has 0 spiro atoms. The molecule has 0 fully saturated rings. The van der Waals surface area contributed by atoms with Crippen molar-refractivity contribution < 1.29 is 14.3 Å². The number of ether oxygens (including phenoxy) is 2. The van der Waals surface area contributed by atoms with Gasteiger partial charge in [-0.3, -0.25) is 9.89 Å². The van der Waals surface area contributed by atoms with Crippen molar-refractivity contribution in [3.63, 3.8) is 0 Å². The fourth-order valence-electron chi connectivity index (χ4n) is 2.49. The third-order valence-electron chi connectivity index (χ3n) is 3.90. The van der Waals surface area contributed by atoms with Gasteiger partial charge in [0.25, 0.3) is 5.91 Å². The molecule has 2 N–H and O–H groups in total. The van der Waals surface area contributed by atoms with Crippen LogP contribution in [0.25, 0.3) is 11.3 Å². The van der Waals surface area contributed by atoms with E-state index in [2.05, 4.69) is 15.5 Å². The maximum atomic E-state index is 12.4. The smallest absolute Gasteiger partial charge is 0.273 e. The molecule has 1 heterocycles. The molecule has 0 bridgehead atoms. The lowest BCUT2D eigenvalue weighted by atomic mass is 10.1. The van der Waals surface area contributed by atoms with Crippen LogP contribution in [-0.4, -0.2) is 30.3 Å². The third kappa shape index (κ3) is 3.47. The molecule has 6 heteroatoms. The number of nitrogens with zero attached hydrogens (tertiary/aromatic N) is 1. The molecule has 2 aromatic carbocycles. The normalized spacial score (nSPS) is 10.4. The molecule has 0 saturated heterocycles. The Morgan fingerprint density at radius 1 is 1.08 bits per heavy atom. The fourth-order valence-corrected chi connectivity index (χ4v) is 2.49. The van der Waals surface area contributed by atoms with Crippen LogP contribution in [0, 0.1) is 6.92 Å². The molecule has 6 nitrogen and oxygen atoms in total. The fraction of sp³-hybridized carbons (Fsp3) is 0.158. The van der Waals surface area contributed by atoms with E-state index in [-0.39, 0.29) is 5.91 Å². The van der Waals surface area contributed by atoms with E-state index < -0.39 is 0 Å². The zero-order chi connectivity index (χ0) is 17.8. The summed E-state index contributed by atoms with van der Waals surface area (Å²) in [7, 11) is 3.17. The second kappa shape index (κ2) is 7.09. The molecule has 128 valence electrons. The van der Waals surface area contributed by atoms with E-state index in [4.69, 9.17) is 9.47 Å². The van der Waals surface area contributed by atoms with Gasteiger partial charge in [0.1, 0.15) is 17.2 Å². The Morgan fingerprint density at radius 3 is 2.60 bits per heavy atom. The maximum absolute atomic E-state index is 12.4. The van der Waals surface area contributed by atoms with E-state index in [1.54, 1.807) is 26.4 Å². The number of amides is 1. The van der Waals surface area contributed by atoms with Gasteiger partial charge in [-0.1, -0.05) is 18.2 Å². The second-order valence-electron chi connectivity index (χ2n) is 5.50. The van der Waals surface area contributed by atoms with Crippen LogP contribution in [0.4, 0.5) is 5.69 Å². The van der Waals surface area contributed by atoms with E-state index >= 15 is 0 Å². The number of aryl methyl sites for hydroxylation is 1. The highest BCUT2D eigenvalue weighted by atomic mass is 16.5. The quantitative estimate of drug-likeness (QED) is 0.745. The Labute approximate surface area is 145 Å². The topological polar surface area (TPSA) is 76.2 Å². The number of nitrogens with one attached hydrogen (secondary N) is 2. The molecule has 0 saturated carbocycles. The van der Waals surface area contributed by atoms with Crippen molar-refractivity contribution in [2.45, 2.75) is 6.92 Å². The molecule has 3 rings (SSSR count). The van der Waals surface area contributed by atoms with Gasteiger partial charge in [0.05, 0.1) is 19.9 Å². The molecular weight excluding hydrogens is 318 g/mol. The Bertz CT molecular complexity index is 902. The van der Waals surface area contributed by atoms with Crippen molar-refractivity contribution in [3.05, 3.63) is 59.8 Å². The van der Waals surface area contributed by atoms with Crippen LogP contribution in [0.15, 0.2) is 48.5 Å². The first-order valence-electron chi connectivity index (χ1n) is 7.77. The predicted molar refractivity (Wildman–Crippen MR) is 96.3 cm³/mol. The molecular formula is C19H19N3O3. The van der Waals surface area contributed by atoms with Crippen molar-refractivity contribution in [3.8, 4) is 22.8 Å². The second-order valence-corrected chi connectivity index (χ2v) is 5.50. The SMILES string of the molecule is COc1ccc(-c2cc(C(=O)Nc3ccccc3C)[nH]n2)c(OC)c1. The van der Waals surface area contributed by atoms with Crippen LogP contribution in [0.2, 0.25) is 0 Å². The lowest BCUT2D eigenvalue weighted by Gasteiger charge is -2.08. The highest BCUT2D eigenvalue weighted by Crippen LogP contribution is 2.32. The standard InChI is InChI=1S/C19H19N3O3/c1-12-6-4-5-7-15(12)20-19(23)17-11-16(21-22-17)14-9-8-13(24-2)10-18(14)25-3/h4-11H,1-3H3,(H,20,23)(H,21,22). The van der Waals surface area contributed by atoms with E-state index in [1.807, 2.05) is 43.3 Å². The monoisotopic (exact) mass is 337 g/mol. The zero-order valence-electron chi connectivity index (χ0n) is 14.3. The molecule has 1 amide bonds. The van der Waals surface area contributed by atoms with Gasteiger partial charge < -0.3 is 14.8 Å². The first-order chi connectivity index (χ1) is 12.1. The minimum absolute atomic E-state index is 0.250. The van der Waals surface area contributed by atoms with Crippen molar-refractivity contribution in [2.75, 3.05) is 19.5 Å². The van der Waals surface area contributed by atoms with Crippen LogP contribution < -0.4 is 14.8 Å². The minimum atomic E-state index is -0.250. The van der Waals surface area contributed by atoms with E-state index in [0.717, 1.165) is 16.8 Å². The van der Waals surface area contributed by atoms with Gasteiger partial charge in [0.15, 0.2) is 0 Å². The number of methoxy groups -OCH3 is 2. The number of aromatic amines is 1. The number of hydrogen-bond donors (Lipinski definition) is 2. The van der Waals surface area contributed by atoms with Gasteiger partial charge in [0.2, 0.25) is 0 Å². The average molecular weight is 337 g/mol. The Kier molecular flexibility index (Phi) is 4.70. The number of benzene rings is 2. The van der Waals surface area contributed by atoms with Gasteiger partial charge in [-0.2, -0.15) is 5.10 Å². The third-order valence-corrected chi connectivity index (χ3v) is 3.90. The summed E-state index contributed by atoms with van der Waals surface area (Å²) in [5, 5.41) is 9.88. The number of para-hydroxylation sites is 1. The molecule has 25 heavy (non-hydrogen) atoms. The Hall–Kier alpha value is -3.28. The average Bonchev–Trinajstić information content (AvgIpc) is 3.13. The van der Waals surface area contributed by atoms with Crippen molar-refractivity contribution >= 4 is 11.6 Å². The highest BCUT2D eigenvalue weighted by molar-refractivity contribution is 6.03. The predicted octanol–water partition coefficient (Wildman–Crippen LogP) is 3.65. The van der Waals surface area contributed by atoms with E-state index in [0.29, 0.717) is 22.9 Å². The summed E-state index contributed by atoms with van der Waals surface area (Å²) in [6.07, 6.45) is 0. The number of carbonyl (C=O) groups excluding carboxylic acids is 1. The van der Waals surface area contributed by atoms with Crippen molar-refractivity contribution in [1.82, 2.24) is 10.2 Å². The van der Waals surface area contributed by atoms with Crippen LogP contribution in [0.5, 0.6) is 11.5 Å². The maximum Gasteiger partial charge on any atom is 0.273 e. The van der Waals surface area contributed by atoms with Crippen molar-refractivity contribution in [1.29, 1.82) is 0 Å². The van der Waals surface area contributed by atoms with Gasteiger partial charge in [-0.05, 0) is 36.8 Å². The summed E-state index contributed by atoms with van der Waals surface area (Å²) < 4.78 is 10.6. The number of H-pyrrole nitrogens is 1. The van der Waals surface area contributed by atoms with E-state index in [9.17, 15) is 4.79 Å². The van der Waals surface area contributed by atoms with Gasteiger partial charge >= 0.3 is 0 Å². The molecule has 0 radical (unpaired) electrons. The Balaban J connectivity index is 1.85. The summed E-state index contributed by atoms with van der Waals surface area (Å²) in [5.74, 6) is 1.06. The molecule has 0 aliphatic rings. The summed E-state index contributed by atoms with van der Waals surface area (Å²) in [4.78, 5) is 12.4. The number of anilines is 1. The number of carbonyl (C=O) groups is 1. The first-order valence-corrected chi connectivity index (χ1v) is 7.77. The largest absolute Gasteiger partial charge is 0.497 e. The van der Waals surface area contributed by atoms with Gasteiger partial charge in [-0.15, -0.1) is 0 Å². The lowest BCUT2D eigenvalue weighted by Crippen LogP contribution is -2.13. The lowest BCUT2D eigenvalue weighted by molar-refractivity contribution is 0.102. The first kappa shape index (κ1) is 16.6. The van der Waals surface area contributed by atoms with Crippen LogP contribution in [0.3, 0.4) is 0 Å².